The van der Waals surface area contributed by atoms with Gasteiger partial charge < -0.3 is 15.3 Å². The second-order valence-corrected chi connectivity index (χ2v) is 7.99. The van der Waals surface area contributed by atoms with E-state index in [1.54, 1.807) is 0 Å². The molecule has 0 aliphatic heterocycles. The van der Waals surface area contributed by atoms with Crippen molar-refractivity contribution >= 4 is 5.97 Å². The zero-order valence-electron chi connectivity index (χ0n) is 16.8. The van der Waals surface area contributed by atoms with Crippen LogP contribution in [0.5, 0.6) is 11.5 Å². The zero-order chi connectivity index (χ0) is 19.7. The van der Waals surface area contributed by atoms with Crippen molar-refractivity contribution in [2.24, 2.45) is 11.8 Å². The standard InChI is InChI=1S/C22H36O4/c1-5-6-7-11-17-14-19(23)18(21(24)20(17)22(25)26)13-12-16(4)10-8-9-15(2)3/h14-16,23-24H,5-13H2,1-4H3,(H,25,26). The molecule has 4 nitrogen and oxygen atoms in total. The Labute approximate surface area is 158 Å². The van der Waals surface area contributed by atoms with Crippen LogP contribution >= 0.6 is 0 Å². The fraction of sp³-hybridized carbons (Fsp3) is 0.682. The molecule has 26 heavy (non-hydrogen) atoms. The first-order chi connectivity index (χ1) is 12.3. The minimum atomic E-state index is -1.12. The van der Waals surface area contributed by atoms with Gasteiger partial charge in [-0.25, -0.2) is 4.79 Å². The van der Waals surface area contributed by atoms with Crippen molar-refractivity contribution in [3.05, 3.63) is 22.8 Å². The van der Waals surface area contributed by atoms with E-state index in [4.69, 9.17) is 0 Å². The Bertz CT molecular complexity index is 578. The maximum absolute atomic E-state index is 11.6. The molecule has 0 aliphatic rings. The van der Waals surface area contributed by atoms with Crippen molar-refractivity contribution in [1.29, 1.82) is 0 Å². The Morgan fingerprint density at radius 1 is 1.00 bits per heavy atom. The normalized spacial score (nSPS) is 12.5. The minimum Gasteiger partial charge on any atom is -0.508 e. The summed E-state index contributed by atoms with van der Waals surface area (Å²) in [6.07, 6.45) is 8.25. The van der Waals surface area contributed by atoms with E-state index in [9.17, 15) is 20.1 Å². The van der Waals surface area contributed by atoms with Crippen molar-refractivity contribution in [2.45, 2.75) is 85.5 Å². The molecule has 0 saturated carbocycles. The van der Waals surface area contributed by atoms with Gasteiger partial charge in [0.25, 0.3) is 0 Å². The quantitative estimate of drug-likeness (QED) is 0.402. The van der Waals surface area contributed by atoms with E-state index in [0.29, 0.717) is 35.8 Å². The van der Waals surface area contributed by atoms with E-state index in [1.807, 2.05) is 0 Å². The third kappa shape index (κ3) is 6.89. The average molecular weight is 365 g/mol. The number of aromatic carboxylic acids is 1. The number of aromatic hydroxyl groups is 2. The van der Waals surface area contributed by atoms with Crippen LogP contribution in [-0.2, 0) is 12.8 Å². The largest absolute Gasteiger partial charge is 0.508 e. The van der Waals surface area contributed by atoms with Gasteiger partial charge in [-0.2, -0.15) is 0 Å². The molecule has 3 N–H and O–H groups in total. The topological polar surface area (TPSA) is 77.8 Å². The number of unbranched alkanes of at least 4 members (excludes halogenated alkanes) is 2. The number of carboxylic acid groups (broad SMARTS) is 1. The molecular weight excluding hydrogens is 328 g/mol. The highest BCUT2D eigenvalue weighted by atomic mass is 16.4. The molecule has 0 heterocycles. The predicted molar refractivity (Wildman–Crippen MR) is 106 cm³/mol. The number of phenols is 2. The van der Waals surface area contributed by atoms with Gasteiger partial charge in [0.2, 0.25) is 0 Å². The van der Waals surface area contributed by atoms with E-state index < -0.39 is 5.97 Å². The van der Waals surface area contributed by atoms with Gasteiger partial charge in [-0.05, 0) is 49.1 Å². The lowest BCUT2D eigenvalue weighted by Crippen LogP contribution is -2.07. The van der Waals surface area contributed by atoms with Crippen LogP contribution in [0.25, 0.3) is 0 Å². The van der Waals surface area contributed by atoms with Crippen molar-refractivity contribution < 1.29 is 20.1 Å². The van der Waals surface area contributed by atoms with Gasteiger partial charge in [0.05, 0.1) is 0 Å². The Kier molecular flexibility index (Phi) is 9.53. The molecule has 0 fully saturated rings. The number of aryl methyl sites for hydroxylation is 1. The van der Waals surface area contributed by atoms with Crippen LogP contribution in [0, 0.1) is 11.8 Å². The lowest BCUT2D eigenvalue weighted by molar-refractivity contribution is 0.0692. The first-order valence-electron chi connectivity index (χ1n) is 10.1. The lowest BCUT2D eigenvalue weighted by atomic mass is 9.91. The molecule has 1 atom stereocenters. The second kappa shape index (κ2) is 11.1. The van der Waals surface area contributed by atoms with Crippen LogP contribution < -0.4 is 0 Å². The molecule has 148 valence electrons. The Balaban J connectivity index is 2.85. The Morgan fingerprint density at radius 2 is 1.69 bits per heavy atom. The van der Waals surface area contributed by atoms with E-state index in [-0.39, 0.29) is 17.1 Å². The van der Waals surface area contributed by atoms with Crippen LogP contribution in [0.3, 0.4) is 0 Å². The maximum Gasteiger partial charge on any atom is 0.339 e. The molecule has 0 aliphatic carbocycles. The molecule has 0 amide bonds. The van der Waals surface area contributed by atoms with Gasteiger partial charge in [-0.1, -0.05) is 59.8 Å². The lowest BCUT2D eigenvalue weighted by Gasteiger charge is -2.16. The molecule has 0 bridgehead atoms. The highest BCUT2D eigenvalue weighted by molar-refractivity contribution is 5.93. The summed E-state index contributed by atoms with van der Waals surface area (Å²) in [6, 6.07) is 1.54. The van der Waals surface area contributed by atoms with Gasteiger partial charge in [0.15, 0.2) is 0 Å². The minimum absolute atomic E-state index is 0.0216. The molecule has 0 spiro atoms. The Morgan fingerprint density at radius 3 is 2.27 bits per heavy atom. The van der Waals surface area contributed by atoms with Gasteiger partial charge in [0, 0.05) is 5.56 Å². The molecule has 1 unspecified atom stereocenters. The number of carbonyl (C=O) groups is 1. The smallest absolute Gasteiger partial charge is 0.339 e. The monoisotopic (exact) mass is 364 g/mol. The van der Waals surface area contributed by atoms with E-state index >= 15 is 0 Å². The predicted octanol–water partition coefficient (Wildman–Crippen LogP) is 5.92. The summed E-state index contributed by atoms with van der Waals surface area (Å²) >= 11 is 0. The van der Waals surface area contributed by atoms with Crippen LogP contribution in [0.1, 0.15) is 94.1 Å². The highest BCUT2D eigenvalue weighted by Crippen LogP contribution is 2.36. The molecule has 1 aromatic rings. The van der Waals surface area contributed by atoms with Gasteiger partial charge in [0.1, 0.15) is 17.1 Å². The van der Waals surface area contributed by atoms with Crippen molar-refractivity contribution in [3.8, 4) is 11.5 Å². The average Bonchev–Trinajstić information content (AvgIpc) is 2.53. The van der Waals surface area contributed by atoms with Crippen molar-refractivity contribution in [1.82, 2.24) is 0 Å². The first kappa shape index (κ1) is 22.3. The van der Waals surface area contributed by atoms with Crippen LogP contribution in [0.15, 0.2) is 6.07 Å². The van der Waals surface area contributed by atoms with Gasteiger partial charge >= 0.3 is 5.97 Å². The maximum atomic E-state index is 11.6. The van der Waals surface area contributed by atoms with E-state index in [2.05, 4.69) is 27.7 Å². The number of benzene rings is 1. The second-order valence-electron chi connectivity index (χ2n) is 7.99. The molecular formula is C22H36O4. The highest BCUT2D eigenvalue weighted by Gasteiger charge is 2.22. The summed E-state index contributed by atoms with van der Waals surface area (Å²) in [4.78, 5) is 11.6. The summed E-state index contributed by atoms with van der Waals surface area (Å²) in [5.74, 6) is -0.175. The molecule has 0 radical (unpaired) electrons. The fourth-order valence-corrected chi connectivity index (χ4v) is 3.41. The molecule has 4 heteroatoms. The third-order valence-electron chi connectivity index (χ3n) is 5.09. The number of hydrogen-bond acceptors (Lipinski definition) is 3. The van der Waals surface area contributed by atoms with Gasteiger partial charge in [-0.3, -0.25) is 0 Å². The number of carboxylic acids is 1. The summed E-state index contributed by atoms with van der Waals surface area (Å²) < 4.78 is 0. The van der Waals surface area contributed by atoms with E-state index in [1.165, 1.54) is 18.9 Å². The van der Waals surface area contributed by atoms with Crippen molar-refractivity contribution in [2.75, 3.05) is 0 Å². The summed E-state index contributed by atoms with van der Waals surface area (Å²) in [7, 11) is 0. The van der Waals surface area contributed by atoms with Crippen LogP contribution in [0.2, 0.25) is 0 Å². The molecule has 0 aromatic heterocycles. The zero-order valence-corrected chi connectivity index (χ0v) is 16.8. The van der Waals surface area contributed by atoms with Crippen LogP contribution in [-0.4, -0.2) is 21.3 Å². The number of hydrogen-bond donors (Lipinski definition) is 3. The first-order valence-corrected chi connectivity index (χ1v) is 10.1. The molecule has 0 saturated heterocycles. The van der Waals surface area contributed by atoms with E-state index in [0.717, 1.165) is 32.1 Å². The molecule has 1 aromatic carbocycles. The van der Waals surface area contributed by atoms with Gasteiger partial charge in [-0.15, -0.1) is 0 Å². The third-order valence-corrected chi connectivity index (χ3v) is 5.09. The number of phenolic OH excluding ortho intramolecular Hbond substituents is 1. The summed E-state index contributed by atoms with van der Waals surface area (Å²) in [5, 5.41) is 30.4. The van der Waals surface area contributed by atoms with Crippen LogP contribution in [0.4, 0.5) is 0 Å². The van der Waals surface area contributed by atoms with Crippen molar-refractivity contribution in [3.63, 3.8) is 0 Å². The summed E-state index contributed by atoms with van der Waals surface area (Å²) in [6.45, 7) is 8.69. The fourth-order valence-electron chi connectivity index (χ4n) is 3.41. The Hall–Kier alpha value is -1.71. The summed E-state index contributed by atoms with van der Waals surface area (Å²) in [5.41, 5.74) is 0.855. The SMILES string of the molecule is CCCCCc1cc(O)c(CCC(C)CCCC(C)C)c(O)c1C(=O)O. The molecule has 1 rings (SSSR count). The number of rotatable bonds is 12.